The summed E-state index contributed by atoms with van der Waals surface area (Å²) >= 11 is 0. The molecule has 1 aromatic heterocycles. The number of nitrogens with zero attached hydrogens (tertiary/aromatic N) is 1. The van der Waals surface area contributed by atoms with Crippen LogP contribution in [-0.2, 0) is 4.79 Å². The summed E-state index contributed by atoms with van der Waals surface area (Å²) in [4.78, 5) is 28.4. The highest BCUT2D eigenvalue weighted by Gasteiger charge is 2.13. The van der Waals surface area contributed by atoms with Crippen molar-refractivity contribution in [3.63, 3.8) is 0 Å². The molecule has 2 N–H and O–H groups in total. The molecule has 0 aliphatic heterocycles. The van der Waals surface area contributed by atoms with Crippen molar-refractivity contribution in [2.24, 2.45) is 0 Å². The number of para-hydroxylation sites is 2. The number of carbonyl (C=O) groups is 2. The number of benzene rings is 2. The molecule has 0 saturated heterocycles. The molecule has 0 saturated carbocycles. The number of carbonyl (C=O) groups excluding carboxylic acids is 2. The number of hydrogen-bond acceptors (Lipinski definition) is 5. The second-order valence-corrected chi connectivity index (χ2v) is 5.55. The van der Waals surface area contributed by atoms with Crippen molar-refractivity contribution in [3.05, 3.63) is 66.5 Å². The summed E-state index contributed by atoms with van der Waals surface area (Å²) in [6.07, 6.45) is 1.55. The van der Waals surface area contributed by atoms with Gasteiger partial charge in [0.1, 0.15) is 5.69 Å². The van der Waals surface area contributed by atoms with Crippen LogP contribution in [0, 0.1) is 0 Å². The zero-order chi connectivity index (χ0) is 19.1. The van der Waals surface area contributed by atoms with Gasteiger partial charge < -0.3 is 9.47 Å². The molecule has 0 unspecified atom stereocenters. The molecule has 0 aliphatic rings. The molecule has 0 bridgehead atoms. The van der Waals surface area contributed by atoms with Gasteiger partial charge in [0.05, 0.1) is 6.61 Å². The van der Waals surface area contributed by atoms with Crippen LogP contribution in [0.2, 0.25) is 0 Å². The van der Waals surface area contributed by atoms with Crippen LogP contribution in [0.25, 0.3) is 10.8 Å². The Morgan fingerprint density at radius 1 is 0.926 bits per heavy atom. The highest BCUT2D eigenvalue weighted by atomic mass is 16.5. The number of pyridine rings is 1. The van der Waals surface area contributed by atoms with E-state index in [2.05, 4.69) is 15.8 Å². The van der Waals surface area contributed by atoms with Gasteiger partial charge in [-0.25, -0.2) is 0 Å². The standard InChI is InChI=1S/C20H19N3O4/c1-2-26-16-9-5-6-10-17(16)27-13-18(24)22-23-20(25)19-15-8-4-3-7-14(15)11-12-21-19/h3-12H,2,13H2,1H3,(H,22,24)(H,23,25). The van der Waals surface area contributed by atoms with E-state index < -0.39 is 11.8 Å². The number of hydrazine groups is 1. The third kappa shape index (κ3) is 4.52. The Bertz CT molecular complexity index is 953. The average Bonchev–Trinajstić information content (AvgIpc) is 2.71. The lowest BCUT2D eigenvalue weighted by molar-refractivity contribution is -0.123. The molecule has 2 aromatic carbocycles. The SMILES string of the molecule is CCOc1ccccc1OCC(=O)NNC(=O)c1nccc2ccccc12. The van der Waals surface area contributed by atoms with E-state index in [0.717, 1.165) is 5.39 Å². The van der Waals surface area contributed by atoms with Crippen LogP contribution in [0.1, 0.15) is 17.4 Å². The van der Waals surface area contributed by atoms with Crippen molar-refractivity contribution in [2.75, 3.05) is 13.2 Å². The third-order valence-corrected chi connectivity index (χ3v) is 3.71. The van der Waals surface area contributed by atoms with Crippen LogP contribution in [0.4, 0.5) is 0 Å². The molecule has 27 heavy (non-hydrogen) atoms. The molecule has 0 radical (unpaired) electrons. The number of ether oxygens (including phenoxy) is 2. The van der Waals surface area contributed by atoms with Crippen LogP contribution in [-0.4, -0.2) is 30.0 Å². The Labute approximate surface area is 156 Å². The number of fused-ring (bicyclic) bond motifs is 1. The average molecular weight is 365 g/mol. The summed E-state index contributed by atoms with van der Waals surface area (Å²) in [5, 5.41) is 1.59. The zero-order valence-electron chi connectivity index (χ0n) is 14.8. The van der Waals surface area contributed by atoms with Crippen molar-refractivity contribution in [3.8, 4) is 11.5 Å². The van der Waals surface area contributed by atoms with E-state index in [0.29, 0.717) is 23.5 Å². The van der Waals surface area contributed by atoms with Gasteiger partial charge in [-0.1, -0.05) is 36.4 Å². The maximum absolute atomic E-state index is 12.3. The van der Waals surface area contributed by atoms with Gasteiger partial charge in [0.2, 0.25) is 0 Å². The Morgan fingerprint density at radius 3 is 2.41 bits per heavy atom. The van der Waals surface area contributed by atoms with Gasteiger partial charge in [-0.05, 0) is 30.5 Å². The Kier molecular flexibility index (Phi) is 5.84. The van der Waals surface area contributed by atoms with E-state index in [-0.39, 0.29) is 12.3 Å². The first-order chi connectivity index (χ1) is 13.2. The minimum atomic E-state index is -0.505. The van der Waals surface area contributed by atoms with E-state index in [4.69, 9.17) is 9.47 Å². The molecule has 7 nitrogen and oxygen atoms in total. The minimum absolute atomic E-state index is 0.232. The summed E-state index contributed by atoms with van der Waals surface area (Å²) in [5.74, 6) is -0.00177. The summed E-state index contributed by atoms with van der Waals surface area (Å²) in [6.45, 7) is 2.08. The van der Waals surface area contributed by atoms with Gasteiger partial charge in [0.25, 0.3) is 11.8 Å². The first-order valence-corrected chi connectivity index (χ1v) is 8.46. The fourth-order valence-corrected chi connectivity index (χ4v) is 2.51. The van der Waals surface area contributed by atoms with E-state index in [1.54, 1.807) is 30.5 Å². The smallest absolute Gasteiger partial charge is 0.288 e. The molecule has 3 aromatic rings. The second kappa shape index (κ2) is 8.66. The molecule has 7 heteroatoms. The number of aromatic nitrogens is 1. The van der Waals surface area contributed by atoms with E-state index >= 15 is 0 Å². The lowest BCUT2D eigenvalue weighted by Crippen LogP contribution is -2.44. The molecule has 0 fully saturated rings. The van der Waals surface area contributed by atoms with Gasteiger partial charge >= 0.3 is 0 Å². The molecular formula is C20H19N3O4. The summed E-state index contributed by atoms with van der Waals surface area (Å²) in [7, 11) is 0. The predicted octanol–water partition coefficient (Wildman–Crippen LogP) is 2.47. The maximum Gasteiger partial charge on any atom is 0.288 e. The highest BCUT2D eigenvalue weighted by Crippen LogP contribution is 2.26. The van der Waals surface area contributed by atoms with Gasteiger partial charge in [-0.3, -0.25) is 25.4 Å². The first kappa shape index (κ1) is 18.2. The van der Waals surface area contributed by atoms with Crippen molar-refractivity contribution < 1.29 is 19.1 Å². The van der Waals surface area contributed by atoms with Crippen molar-refractivity contribution in [2.45, 2.75) is 6.92 Å². The van der Waals surface area contributed by atoms with Gasteiger partial charge in [-0.15, -0.1) is 0 Å². The highest BCUT2D eigenvalue weighted by molar-refractivity contribution is 6.05. The third-order valence-electron chi connectivity index (χ3n) is 3.71. The lowest BCUT2D eigenvalue weighted by atomic mass is 10.1. The fourth-order valence-electron chi connectivity index (χ4n) is 2.51. The predicted molar refractivity (Wildman–Crippen MR) is 100 cm³/mol. The quantitative estimate of drug-likeness (QED) is 0.655. The maximum atomic E-state index is 12.3. The molecule has 0 aliphatic carbocycles. The van der Waals surface area contributed by atoms with Crippen molar-refractivity contribution in [1.29, 1.82) is 0 Å². The Balaban J connectivity index is 1.57. The Hall–Kier alpha value is -3.61. The van der Waals surface area contributed by atoms with Gasteiger partial charge in [0, 0.05) is 11.6 Å². The zero-order valence-corrected chi connectivity index (χ0v) is 14.8. The van der Waals surface area contributed by atoms with Crippen LogP contribution in [0.3, 0.4) is 0 Å². The molecule has 0 spiro atoms. The first-order valence-electron chi connectivity index (χ1n) is 8.46. The molecule has 1 heterocycles. The van der Waals surface area contributed by atoms with Crippen LogP contribution < -0.4 is 20.3 Å². The summed E-state index contributed by atoms with van der Waals surface area (Å²) in [5.41, 5.74) is 4.91. The number of nitrogens with one attached hydrogen (secondary N) is 2. The van der Waals surface area contributed by atoms with E-state index in [9.17, 15) is 9.59 Å². The topological polar surface area (TPSA) is 89.5 Å². The van der Waals surface area contributed by atoms with Crippen molar-refractivity contribution >= 4 is 22.6 Å². The second-order valence-electron chi connectivity index (χ2n) is 5.55. The number of hydrogen-bond donors (Lipinski definition) is 2. The van der Waals surface area contributed by atoms with Crippen LogP contribution >= 0.6 is 0 Å². The van der Waals surface area contributed by atoms with E-state index in [1.807, 2.05) is 37.3 Å². The Morgan fingerprint density at radius 2 is 1.63 bits per heavy atom. The van der Waals surface area contributed by atoms with Crippen LogP contribution in [0.5, 0.6) is 11.5 Å². The molecular weight excluding hydrogens is 346 g/mol. The number of amides is 2. The van der Waals surface area contributed by atoms with Gasteiger partial charge in [0.15, 0.2) is 18.1 Å². The normalized spacial score (nSPS) is 10.3. The molecule has 138 valence electrons. The summed E-state index contributed by atoms with van der Waals surface area (Å²) in [6, 6.07) is 16.3. The fraction of sp³-hybridized carbons (Fsp3) is 0.150. The molecule has 2 amide bonds. The van der Waals surface area contributed by atoms with E-state index in [1.165, 1.54) is 0 Å². The van der Waals surface area contributed by atoms with Gasteiger partial charge in [-0.2, -0.15) is 0 Å². The molecule has 3 rings (SSSR count). The molecule has 0 atom stereocenters. The minimum Gasteiger partial charge on any atom is -0.490 e. The summed E-state index contributed by atoms with van der Waals surface area (Å²) < 4.78 is 10.9. The largest absolute Gasteiger partial charge is 0.490 e. The number of rotatable bonds is 6. The monoisotopic (exact) mass is 365 g/mol. The van der Waals surface area contributed by atoms with Crippen molar-refractivity contribution in [1.82, 2.24) is 15.8 Å². The lowest BCUT2D eigenvalue weighted by Gasteiger charge is -2.12. The van der Waals surface area contributed by atoms with Crippen LogP contribution in [0.15, 0.2) is 60.8 Å².